The van der Waals surface area contributed by atoms with Gasteiger partial charge in [0.05, 0.1) is 44.1 Å². The van der Waals surface area contributed by atoms with Gasteiger partial charge in [-0.2, -0.15) is 0 Å². The first kappa shape index (κ1) is 78.8. The number of benzene rings is 1. The molecule has 1 unspecified atom stereocenters. The van der Waals surface area contributed by atoms with Crippen LogP contribution in [0, 0.1) is 22.7 Å². The number of guanidine groups is 1. The number of nitrogens with two attached hydrogens (primary N) is 3. The number of aliphatic imine (C=N–C) groups is 1. The zero-order valence-electron chi connectivity index (χ0n) is 54.6. The largest absolute Gasteiger partial charge is 0.394 e. The highest BCUT2D eigenvalue weighted by atomic mass is 28.3. The minimum absolute atomic E-state index is 0.0196. The van der Waals surface area contributed by atoms with E-state index in [9.17, 15) is 68.4 Å². The Morgan fingerprint density at radius 2 is 1.13 bits per heavy atom. The molecular formula is C59H103N15O15Si. The van der Waals surface area contributed by atoms with E-state index in [-0.39, 0.29) is 62.1 Å². The third kappa shape index (κ3) is 27.8. The van der Waals surface area contributed by atoms with Crippen molar-refractivity contribution in [3.63, 3.8) is 0 Å². The number of aliphatic hydroxyl groups is 4. The maximum Gasteiger partial charge on any atom is 0.245 e. The molecule has 0 aliphatic carbocycles. The Kier molecular flexibility index (Phi) is 31.4. The lowest BCUT2D eigenvalue weighted by molar-refractivity contribution is -0.139. The van der Waals surface area contributed by atoms with Gasteiger partial charge < -0.3 is 96.1 Å². The van der Waals surface area contributed by atoms with Gasteiger partial charge in [-0.3, -0.25) is 57.7 Å². The monoisotopic (exact) mass is 1290 g/mol. The second kappa shape index (κ2) is 35.9. The average Bonchev–Trinajstić information content (AvgIpc) is 2.99. The van der Waals surface area contributed by atoms with Gasteiger partial charge in [0.2, 0.25) is 65.0 Å². The van der Waals surface area contributed by atoms with Gasteiger partial charge in [0, 0.05) is 14.6 Å². The van der Waals surface area contributed by atoms with Crippen molar-refractivity contribution in [3.8, 4) is 0 Å². The molecule has 508 valence electrons. The SMILES string of the molecule is CC(C)C[C@@H]1NC(=O)[C@H]([C@H](O)C(C)C)NC(=O)[C@@H](NC(=O)[C@H](CC(C)(C)C)NC(=O)[C@H](N)CC(C)(C)C)[C@@H](c2ccccc2)NC(=O)C(CO)NC(=O)[C@H](CO)NC(=O)CNC(=O)[C@H]([C@H](C)O)NC(=O)[C@H](C[Si](C)(C)C)NC(=O)[C@@H](CCCN=C(N)N)NC1=O. The molecule has 13 atom stereocenters. The van der Waals surface area contributed by atoms with Crippen molar-refractivity contribution in [2.75, 3.05) is 26.3 Å². The van der Waals surface area contributed by atoms with Gasteiger partial charge >= 0.3 is 0 Å². The number of hydrogen-bond donors (Lipinski definition) is 18. The molecular weight excluding hydrogens is 1190 g/mol. The quantitative estimate of drug-likeness (QED) is 0.0259. The molecule has 1 fully saturated rings. The van der Waals surface area contributed by atoms with Crippen molar-refractivity contribution in [1.29, 1.82) is 0 Å². The highest BCUT2D eigenvalue weighted by Gasteiger charge is 2.43. The molecule has 2 rings (SSSR count). The summed E-state index contributed by atoms with van der Waals surface area (Å²) in [5.74, 6) is -13.0. The molecule has 21 N–H and O–H groups in total. The lowest BCUT2D eigenvalue weighted by atomic mass is 9.86. The van der Waals surface area contributed by atoms with Gasteiger partial charge in [-0.15, -0.1) is 0 Å². The molecule has 1 aliphatic heterocycles. The summed E-state index contributed by atoms with van der Waals surface area (Å²) in [6, 6.07) is -10.6. The predicted molar refractivity (Wildman–Crippen MR) is 338 cm³/mol. The van der Waals surface area contributed by atoms with Gasteiger partial charge in [0.25, 0.3) is 0 Å². The van der Waals surface area contributed by atoms with Crippen molar-refractivity contribution in [2.45, 2.75) is 213 Å². The van der Waals surface area contributed by atoms with Crippen LogP contribution in [-0.4, -0.2) is 198 Å². The highest BCUT2D eigenvalue weighted by Crippen LogP contribution is 2.25. The third-order valence-electron chi connectivity index (χ3n) is 14.1. The number of amides is 11. The number of rotatable bonds is 20. The maximum atomic E-state index is 15.4. The molecule has 0 spiro atoms. The average molecular weight is 1290 g/mol. The van der Waals surface area contributed by atoms with Crippen molar-refractivity contribution >= 4 is 79.0 Å². The van der Waals surface area contributed by atoms with Crippen molar-refractivity contribution in [1.82, 2.24) is 58.5 Å². The lowest BCUT2D eigenvalue weighted by Gasteiger charge is -2.35. The van der Waals surface area contributed by atoms with E-state index in [1.54, 1.807) is 40.7 Å². The van der Waals surface area contributed by atoms with E-state index < -0.39 is 188 Å². The van der Waals surface area contributed by atoms with Crippen LogP contribution in [0.5, 0.6) is 0 Å². The van der Waals surface area contributed by atoms with Gasteiger partial charge in [-0.05, 0) is 73.3 Å². The maximum absolute atomic E-state index is 15.4. The normalized spacial score (nSPS) is 24.5. The second-order valence-corrected chi connectivity index (χ2v) is 32.8. The van der Waals surface area contributed by atoms with Crippen LogP contribution in [0.15, 0.2) is 35.3 Å². The molecule has 1 saturated heterocycles. The summed E-state index contributed by atoms with van der Waals surface area (Å²) in [5, 5.41) is 71.2. The van der Waals surface area contributed by atoms with Crippen LogP contribution < -0.4 is 75.7 Å². The summed E-state index contributed by atoms with van der Waals surface area (Å²) in [4.78, 5) is 162. The Labute approximate surface area is 528 Å². The predicted octanol–water partition coefficient (Wildman–Crippen LogP) is -3.64. The molecule has 1 heterocycles. The Bertz CT molecular complexity index is 2640. The fraction of sp³-hybridized carbons (Fsp3) is 0.695. The Balaban J connectivity index is 3.10. The highest BCUT2D eigenvalue weighted by molar-refractivity contribution is 6.76. The first-order chi connectivity index (χ1) is 41.6. The van der Waals surface area contributed by atoms with Gasteiger partial charge in [0.15, 0.2) is 5.96 Å². The number of nitrogens with one attached hydrogen (secondary N) is 11. The van der Waals surface area contributed by atoms with E-state index in [4.69, 9.17) is 17.2 Å². The van der Waals surface area contributed by atoms with E-state index >= 15 is 4.79 Å². The zero-order chi connectivity index (χ0) is 68.8. The summed E-state index contributed by atoms with van der Waals surface area (Å²) in [5.41, 5.74) is 16.5. The van der Waals surface area contributed by atoms with E-state index in [0.29, 0.717) is 0 Å². The van der Waals surface area contributed by atoms with Gasteiger partial charge in [-0.1, -0.05) is 119 Å². The van der Waals surface area contributed by atoms with E-state index in [1.807, 2.05) is 40.4 Å². The number of hydrogen-bond acceptors (Lipinski definition) is 17. The Hall–Kier alpha value is -7.32. The molecule has 11 amide bonds. The van der Waals surface area contributed by atoms with E-state index in [2.05, 4.69) is 63.5 Å². The lowest BCUT2D eigenvalue weighted by Crippen LogP contribution is -2.65. The molecule has 0 bridgehead atoms. The summed E-state index contributed by atoms with van der Waals surface area (Å²) in [6.45, 7) is 21.1. The van der Waals surface area contributed by atoms with Crippen LogP contribution in [0.1, 0.15) is 120 Å². The number of carbonyl (C=O) groups is 11. The van der Waals surface area contributed by atoms with Gasteiger partial charge in [-0.25, -0.2) is 0 Å². The third-order valence-corrected chi connectivity index (χ3v) is 15.7. The van der Waals surface area contributed by atoms with Crippen LogP contribution in [0.3, 0.4) is 0 Å². The minimum Gasteiger partial charge on any atom is -0.394 e. The fourth-order valence-electron chi connectivity index (χ4n) is 9.56. The number of aliphatic hydroxyl groups excluding tert-OH is 4. The van der Waals surface area contributed by atoms with Crippen LogP contribution in [0.4, 0.5) is 0 Å². The first-order valence-electron chi connectivity index (χ1n) is 30.3. The zero-order valence-corrected chi connectivity index (χ0v) is 55.6. The molecule has 31 heteroatoms. The summed E-state index contributed by atoms with van der Waals surface area (Å²) in [7, 11) is -2.35. The Morgan fingerprint density at radius 1 is 0.633 bits per heavy atom. The topological polar surface area (TPSA) is 491 Å². The van der Waals surface area contributed by atoms with E-state index in [0.717, 1.165) is 0 Å². The molecule has 30 nitrogen and oxygen atoms in total. The summed E-state index contributed by atoms with van der Waals surface area (Å²) >= 11 is 0. The minimum atomic E-state index is -2.35. The van der Waals surface area contributed by atoms with Crippen LogP contribution in [0.25, 0.3) is 0 Å². The molecule has 0 aromatic heterocycles. The molecule has 1 aromatic rings. The fourth-order valence-corrected chi connectivity index (χ4v) is 11.1. The number of carbonyl (C=O) groups excluding carboxylic acids is 11. The Morgan fingerprint density at radius 3 is 1.66 bits per heavy atom. The van der Waals surface area contributed by atoms with Crippen molar-refractivity contribution in [2.24, 2.45) is 44.9 Å². The summed E-state index contributed by atoms with van der Waals surface area (Å²) in [6.07, 6.45) is -3.41. The summed E-state index contributed by atoms with van der Waals surface area (Å²) < 4.78 is 0. The molecule has 0 radical (unpaired) electrons. The smallest absolute Gasteiger partial charge is 0.245 e. The number of nitrogens with zero attached hydrogens (tertiary/aromatic N) is 1. The van der Waals surface area contributed by atoms with Crippen LogP contribution in [0.2, 0.25) is 25.7 Å². The van der Waals surface area contributed by atoms with E-state index in [1.165, 1.54) is 45.0 Å². The van der Waals surface area contributed by atoms with Gasteiger partial charge in [0.1, 0.15) is 54.4 Å². The molecule has 90 heavy (non-hydrogen) atoms. The van der Waals surface area contributed by atoms with Crippen LogP contribution in [-0.2, 0) is 52.7 Å². The molecule has 0 saturated carbocycles. The molecule has 1 aromatic carbocycles. The first-order valence-corrected chi connectivity index (χ1v) is 34.0. The second-order valence-electron chi connectivity index (χ2n) is 27.3. The van der Waals surface area contributed by atoms with Crippen molar-refractivity contribution < 1.29 is 73.2 Å². The standard InChI is InChI=1S/C59H103N15O15Si/c1-30(2)23-36-49(82)66-35(21-18-22-63-57(61)62)48(81)70-40(29-90(12,13)14)53(86)71-42(32(5)77)54(87)64-26-41(78)65-38(27-75)51(84)69-39(28-76)52(85)72-43(33-19-16-15-17-20-33)44(55(88)74-45(56(89)67-36)46(79)31(3)4)73-50(83)37(25-59(9,10)11)68-47(80)34(60)24-58(6,7)8/h15-17,19-20,30-32,34-40,42-46,75-77,79H,18,21-29,60H2,1-14H3,(H,64,87)(H,65,78)(H,66,82)(H,67,89)(H,68,80)(H,69,84)(H,70,81)(H,71,86)(H,72,85)(H,73,83)(H,74,88)(H4,61,62,63)/t32-,34+,35+,36-,37-,38-,39?,40-,42-,43+,44-,45-,46+/m0/s1. The van der Waals surface area contributed by atoms with Crippen molar-refractivity contribution in [3.05, 3.63) is 35.9 Å². The van der Waals surface area contributed by atoms with Crippen LogP contribution >= 0.6 is 0 Å². The molecule has 1 aliphatic rings.